The monoisotopic (exact) mass is 297 g/mol. The second-order valence-electron chi connectivity index (χ2n) is 4.17. The van der Waals surface area contributed by atoms with E-state index in [0.29, 0.717) is 23.5 Å². The molecule has 1 N–H and O–H groups in total. The van der Waals surface area contributed by atoms with Crippen molar-refractivity contribution in [2.45, 2.75) is 23.3 Å². The van der Waals surface area contributed by atoms with Gasteiger partial charge in [-0.3, -0.25) is 0 Å². The van der Waals surface area contributed by atoms with Crippen LogP contribution in [0.5, 0.6) is 0 Å². The molecule has 0 aliphatic heterocycles. The zero-order valence-electron chi connectivity index (χ0n) is 10.9. The molecular formula is C15H14F3NS. The lowest BCUT2D eigenvalue weighted by atomic mass is 10.2. The highest BCUT2D eigenvalue weighted by molar-refractivity contribution is 7.99. The summed E-state index contributed by atoms with van der Waals surface area (Å²) < 4.78 is 40.6. The fraction of sp³-hybridized carbons (Fsp3) is 0.200. The maximum absolute atomic E-state index is 13.8. The largest absolute Gasteiger partial charge is 0.313 e. The lowest BCUT2D eigenvalue weighted by Crippen LogP contribution is -2.13. The van der Waals surface area contributed by atoms with E-state index in [2.05, 4.69) is 5.32 Å². The molecule has 5 heteroatoms. The van der Waals surface area contributed by atoms with Crippen molar-refractivity contribution >= 4 is 11.8 Å². The van der Waals surface area contributed by atoms with E-state index >= 15 is 0 Å². The molecule has 0 fully saturated rings. The van der Waals surface area contributed by atoms with E-state index in [0.717, 1.165) is 30.0 Å². The summed E-state index contributed by atoms with van der Waals surface area (Å²) in [6.07, 6.45) is 0. The van der Waals surface area contributed by atoms with Gasteiger partial charge in [-0.2, -0.15) is 0 Å². The highest BCUT2D eigenvalue weighted by atomic mass is 32.2. The van der Waals surface area contributed by atoms with Gasteiger partial charge in [-0.25, -0.2) is 13.2 Å². The van der Waals surface area contributed by atoms with Gasteiger partial charge in [0.05, 0.1) is 4.90 Å². The topological polar surface area (TPSA) is 12.0 Å². The van der Waals surface area contributed by atoms with Crippen LogP contribution in [-0.4, -0.2) is 6.54 Å². The van der Waals surface area contributed by atoms with Crippen molar-refractivity contribution in [1.82, 2.24) is 5.32 Å². The summed E-state index contributed by atoms with van der Waals surface area (Å²) in [5, 5.41) is 3.04. The van der Waals surface area contributed by atoms with Crippen LogP contribution in [0.3, 0.4) is 0 Å². The van der Waals surface area contributed by atoms with Gasteiger partial charge >= 0.3 is 0 Å². The minimum Gasteiger partial charge on any atom is -0.313 e. The SMILES string of the molecule is CCNCc1c(F)cccc1Sc1cc(F)ccc1F. The number of rotatable bonds is 5. The fourth-order valence-corrected chi connectivity index (χ4v) is 2.74. The van der Waals surface area contributed by atoms with Crippen LogP contribution in [0.4, 0.5) is 13.2 Å². The number of hydrogen-bond acceptors (Lipinski definition) is 2. The summed E-state index contributed by atoms with van der Waals surface area (Å²) in [4.78, 5) is 0.726. The molecule has 2 rings (SSSR count). The quantitative estimate of drug-likeness (QED) is 0.880. The van der Waals surface area contributed by atoms with Crippen LogP contribution in [-0.2, 0) is 6.54 Å². The van der Waals surface area contributed by atoms with Crippen molar-refractivity contribution in [1.29, 1.82) is 0 Å². The molecule has 2 aromatic rings. The molecule has 0 amide bonds. The first-order chi connectivity index (χ1) is 9.61. The standard InChI is InChI=1S/C15H14F3NS/c1-2-19-9-11-12(17)4-3-5-14(11)20-15-8-10(16)6-7-13(15)18/h3-8,19H,2,9H2,1H3. The molecule has 1 nitrogen and oxygen atoms in total. The van der Waals surface area contributed by atoms with Crippen LogP contribution in [0.25, 0.3) is 0 Å². The predicted octanol–water partition coefficient (Wildman–Crippen LogP) is 4.36. The molecule has 0 bridgehead atoms. The van der Waals surface area contributed by atoms with Gasteiger partial charge in [0.25, 0.3) is 0 Å². The third kappa shape index (κ3) is 3.55. The van der Waals surface area contributed by atoms with Crippen LogP contribution < -0.4 is 5.32 Å². The first kappa shape index (κ1) is 14.9. The van der Waals surface area contributed by atoms with Crippen molar-refractivity contribution in [2.24, 2.45) is 0 Å². The molecular weight excluding hydrogens is 283 g/mol. The van der Waals surface area contributed by atoms with Gasteiger partial charge in [0.15, 0.2) is 0 Å². The van der Waals surface area contributed by atoms with Crippen molar-refractivity contribution in [3.05, 3.63) is 59.4 Å². The Balaban J connectivity index is 2.33. The summed E-state index contributed by atoms with van der Waals surface area (Å²) in [5.41, 5.74) is 0.461. The number of nitrogens with one attached hydrogen (secondary N) is 1. The maximum Gasteiger partial charge on any atom is 0.137 e. The van der Waals surface area contributed by atoms with Crippen LogP contribution in [0, 0.1) is 17.5 Å². The third-order valence-corrected chi connectivity index (χ3v) is 3.88. The molecule has 20 heavy (non-hydrogen) atoms. The minimum atomic E-state index is -0.518. The number of halogens is 3. The fourth-order valence-electron chi connectivity index (χ4n) is 1.73. The average molecular weight is 297 g/mol. The Hall–Kier alpha value is -1.46. The van der Waals surface area contributed by atoms with Gasteiger partial charge in [-0.1, -0.05) is 24.8 Å². The van der Waals surface area contributed by atoms with Gasteiger partial charge in [-0.05, 0) is 36.9 Å². The highest BCUT2D eigenvalue weighted by Crippen LogP contribution is 2.33. The van der Waals surface area contributed by atoms with Crippen LogP contribution in [0.15, 0.2) is 46.2 Å². The maximum atomic E-state index is 13.8. The second kappa shape index (κ2) is 6.81. The molecule has 0 aliphatic rings. The average Bonchev–Trinajstić information content (AvgIpc) is 2.42. The lowest BCUT2D eigenvalue weighted by molar-refractivity contribution is 0.576. The Labute approximate surface area is 120 Å². The van der Waals surface area contributed by atoms with Crippen LogP contribution in [0.2, 0.25) is 0 Å². The zero-order chi connectivity index (χ0) is 14.5. The van der Waals surface area contributed by atoms with Crippen molar-refractivity contribution < 1.29 is 13.2 Å². The molecule has 0 aromatic heterocycles. The van der Waals surface area contributed by atoms with Crippen molar-refractivity contribution in [3.8, 4) is 0 Å². The molecule has 0 heterocycles. The number of hydrogen-bond donors (Lipinski definition) is 1. The summed E-state index contributed by atoms with van der Waals surface area (Å²) in [6, 6.07) is 7.86. The molecule has 2 aromatic carbocycles. The smallest absolute Gasteiger partial charge is 0.137 e. The second-order valence-corrected chi connectivity index (χ2v) is 5.26. The third-order valence-electron chi connectivity index (χ3n) is 2.74. The van der Waals surface area contributed by atoms with Crippen LogP contribution in [0.1, 0.15) is 12.5 Å². The van der Waals surface area contributed by atoms with E-state index in [1.807, 2.05) is 6.92 Å². The van der Waals surface area contributed by atoms with Gasteiger partial charge in [0, 0.05) is 17.0 Å². The van der Waals surface area contributed by atoms with Gasteiger partial charge in [-0.15, -0.1) is 0 Å². The van der Waals surface area contributed by atoms with Crippen LogP contribution >= 0.6 is 11.8 Å². The summed E-state index contributed by atoms with van der Waals surface area (Å²) >= 11 is 1.02. The summed E-state index contributed by atoms with van der Waals surface area (Å²) in [7, 11) is 0. The predicted molar refractivity (Wildman–Crippen MR) is 74.3 cm³/mol. The molecule has 0 atom stereocenters. The molecule has 0 aliphatic carbocycles. The Morgan fingerprint density at radius 3 is 2.55 bits per heavy atom. The van der Waals surface area contributed by atoms with E-state index < -0.39 is 11.6 Å². The van der Waals surface area contributed by atoms with E-state index in [-0.39, 0.29) is 10.7 Å². The van der Waals surface area contributed by atoms with Crippen molar-refractivity contribution in [2.75, 3.05) is 6.54 Å². The Morgan fingerprint density at radius 2 is 1.80 bits per heavy atom. The normalized spacial score (nSPS) is 10.8. The molecule has 0 radical (unpaired) electrons. The lowest BCUT2D eigenvalue weighted by Gasteiger charge is -2.11. The van der Waals surface area contributed by atoms with Crippen molar-refractivity contribution in [3.63, 3.8) is 0 Å². The molecule has 0 spiro atoms. The minimum absolute atomic E-state index is 0.147. The molecule has 0 unspecified atom stereocenters. The van der Waals surface area contributed by atoms with E-state index in [1.165, 1.54) is 6.07 Å². The molecule has 0 saturated heterocycles. The Morgan fingerprint density at radius 1 is 1.00 bits per heavy atom. The van der Waals surface area contributed by atoms with Gasteiger partial charge < -0.3 is 5.32 Å². The number of benzene rings is 2. The molecule has 0 saturated carbocycles. The summed E-state index contributed by atoms with van der Waals surface area (Å²) in [6.45, 7) is 2.97. The Bertz CT molecular complexity index is 602. The highest BCUT2D eigenvalue weighted by Gasteiger charge is 2.12. The first-order valence-electron chi connectivity index (χ1n) is 6.23. The zero-order valence-corrected chi connectivity index (χ0v) is 11.7. The Kier molecular flexibility index (Phi) is 5.09. The summed E-state index contributed by atoms with van der Waals surface area (Å²) in [5.74, 6) is -1.39. The van der Waals surface area contributed by atoms with E-state index in [1.54, 1.807) is 12.1 Å². The van der Waals surface area contributed by atoms with Gasteiger partial charge in [0.2, 0.25) is 0 Å². The molecule has 106 valence electrons. The first-order valence-corrected chi connectivity index (χ1v) is 7.04. The van der Waals surface area contributed by atoms with E-state index in [4.69, 9.17) is 0 Å². The van der Waals surface area contributed by atoms with E-state index in [9.17, 15) is 13.2 Å². The van der Waals surface area contributed by atoms with Gasteiger partial charge in [0.1, 0.15) is 17.5 Å².